The minimum Gasteiger partial charge on any atom is -0.493 e. The molecule has 0 bridgehead atoms. The Morgan fingerprint density at radius 2 is 1.83 bits per heavy atom. The van der Waals surface area contributed by atoms with Gasteiger partial charge in [-0.2, -0.15) is 0 Å². The molecule has 2 N–H and O–H groups in total. The van der Waals surface area contributed by atoms with Gasteiger partial charge in [-0.1, -0.05) is 48.2 Å². The van der Waals surface area contributed by atoms with Crippen molar-refractivity contribution >= 4 is 57.9 Å². The summed E-state index contributed by atoms with van der Waals surface area (Å²) >= 11 is 6.53. The van der Waals surface area contributed by atoms with Crippen LogP contribution in [0.1, 0.15) is 17.5 Å². The molecule has 2 aromatic carbocycles. The van der Waals surface area contributed by atoms with Crippen LogP contribution in [0.4, 0.5) is 5.69 Å². The van der Waals surface area contributed by atoms with Crippen LogP contribution >= 0.6 is 24.0 Å². The van der Waals surface area contributed by atoms with E-state index in [1.165, 1.54) is 16.7 Å². The summed E-state index contributed by atoms with van der Waals surface area (Å²) in [5.74, 6) is -1.63. The van der Waals surface area contributed by atoms with Crippen molar-refractivity contribution in [2.45, 2.75) is 12.8 Å². The van der Waals surface area contributed by atoms with Crippen LogP contribution in [0.25, 0.3) is 6.08 Å². The number of carbonyl (C=O) groups is 3. The van der Waals surface area contributed by atoms with E-state index >= 15 is 0 Å². The van der Waals surface area contributed by atoms with Crippen molar-refractivity contribution in [2.24, 2.45) is 0 Å². The van der Waals surface area contributed by atoms with Crippen molar-refractivity contribution < 1.29 is 29.3 Å². The largest absolute Gasteiger partial charge is 0.493 e. The molecule has 3 rings (SSSR count). The minimum atomic E-state index is -0.939. The molecule has 0 saturated carbocycles. The molecule has 1 aliphatic heterocycles. The summed E-state index contributed by atoms with van der Waals surface area (Å²) < 4.78 is 5.80. The molecule has 154 valence electrons. The number of nitrogens with zero attached hydrogens (tertiary/aromatic N) is 1. The maximum absolute atomic E-state index is 12.9. The fraction of sp³-hybridized carbons (Fsp3) is 0.143. The molecule has 1 fully saturated rings. The minimum absolute atomic E-state index is 0.0543. The summed E-state index contributed by atoms with van der Waals surface area (Å²) in [5, 5.41) is 17.6. The van der Waals surface area contributed by atoms with Crippen molar-refractivity contribution in [3.05, 3.63) is 64.6 Å². The van der Waals surface area contributed by atoms with E-state index < -0.39 is 11.9 Å². The zero-order chi connectivity index (χ0) is 21.7. The smallest absolute Gasteiger partial charge is 0.307 e. The number of amides is 1. The first-order valence-electron chi connectivity index (χ1n) is 8.87. The van der Waals surface area contributed by atoms with Gasteiger partial charge in [0.05, 0.1) is 30.0 Å². The van der Waals surface area contributed by atoms with E-state index in [1.54, 1.807) is 54.6 Å². The van der Waals surface area contributed by atoms with Crippen LogP contribution in [0.15, 0.2) is 53.4 Å². The first kappa shape index (κ1) is 21.5. The molecule has 1 heterocycles. The molecule has 0 spiro atoms. The van der Waals surface area contributed by atoms with Gasteiger partial charge in [0.2, 0.25) is 0 Å². The maximum atomic E-state index is 12.9. The van der Waals surface area contributed by atoms with E-state index in [2.05, 4.69) is 0 Å². The van der Waals surface area contributed by atoms with Crippen molar-refractivity contribution in [3.8, 4) is 5.75 Å². The second-order valence-corrected chi connectivity index (χ2v) is 7.99. The number of rotatable bonds is 8. The van der Waals surface area contributed by atoms with Gasteiger partial charge in [0.15, 0.2) is 4.32 Å². The summed E-state index contributed by atoms with van der Waals surface area (Å²) in [6.45, 7) is 0.0543. The van der Waals surface area contributed by atoms with Gasteiger partial charge in [-0.05, 0) is 41.5 Å². The second kappa shape index (κ2) is 9.55. The van der Waals surface area contributed by atoms with Crippen LogP contribution in [0.3, 0.4) is 0 Å². The Morgan fingerprint density at radius 1 is 1.10 bits per heavy atom. The molecule has 0 radical (unpaired) electrons. The highest BCUT2D eigenvalue weighted by atomic mass is 32.2. The van der Waals surface area contributed by atoms with Gasteiger partial charge in [-0.15, -0.1) is 0 Å². The first-order valence-corrected chi connectivity index (χ1v) is 10.1. The molecule has 2 aromatic rings. The number of carbonyl (C=O) groups excluding carboxylic acids is 1. The number of hydrogen-bond acceptors (Lipinski definition) is 6. The lowest BCUT2D eigenvalue weighted by molar-refractivity contribution is -0.138. The van der Waals surface area contributed by atoms with E-state index in [-0.39, 0.29) is 25.4 Å². The molecular weight excluding hydrogens is 426 g/mol. The third-order valence-corrected chi connectivity index (χ3v) is 5.39. The van der Waals surface area contributed by atoms with Crippen molar-refractivity contribution in [1.82, 2.24) is 0 Å². The van der Waals surface area contributed by atoms with Gasteiger partial charge in [-0.25, -0.2) is 0 Å². The molecule has 9 heteroatoms. The molecular formula is C21H17NO6S2. The van der Waals surface area contributed by atoms with Gasteiger partial charge in [0.1, 0.15) is 5.75 Å². The summed E-state index contributed by atoms with van der Waals surface area (Å²) in [5.41, 5.74) is 1.92. The zero-order valence-electron chi connectivity index (χ0n) is 15.6. The predicted molar refractivity (Wildman–Crippen MR) is 118 cm³/mol. The quantitative estimate of drug-likeness (QED) is 0.471. The van der Waals surface area contributed by atoms with Crippen molar-refractivity contribution in [3.63, 3.8) is 0 Å². The van der Waals surface area contributed by atoms with Crippen LogP contribution in [-0.4, -0.2) is 39.0 Å². The molecule has 0 aromatic heterocycles. The van der Waals surface area contributed by atoms with Gasteiger partial charge < -0.3 is 14.9 Å². The molecule has 0 aliphatic carbocycles. The van der Waals surface area contributed by atoms with Gasteiger partial charge in [0, 0.05) is 0 Å². The molecule has 7 nitrogen and oxygen atoms in total. The summed E-state index contributed by atoms with van der Waals surface area (Å²) in [4.78, 5) is 36.1. The number of thioether (sulfide) groups is 1. The highest BCUT2D eigenvalue weighted by molar-refractivity contribution is 8.27. The van der Waals surface area contributed by atoms with E-state index in [1.807, 2.05) is 0 Å². The standard InChI is InChI=1S/C21H17NO6S2/c23-18(24)8-9-28-16-3-1-2-14(10-16)11-17-20(27)22(21(29)30-17)15-6-4-13(5-7-15)12-19(25)26/h1-7,10-11H,8-9,12H2,(H,23,24)(H,25,26)/b17-11-. The maximum Gasteiger partial charge on any atom is 0.307 e. The summed E-state index contributed by atoms with van der Waals surface area (Å²) in [6.07, 6.45) is 1.50. The third kappa shape index (κ3) is 5.46. The second-order valence-electron chi connectivity index (χ2n) is 6.32. The van der Waals surface area contributed by atoms with Crippen LogP contribution in [-0.2, 0) is 20.8 Å². The number of anilines is 1. The van der Waals surface area contributed by atoms with E-state index in [9.17, 15) is 14.4 Å². The number of hydrogen-bond donors (Lipinski definition) is 2. The average molecular weight is 444 g/mol. The van der Waals surface area contributed by atoms with Crippen LogP contribution in [0, 0.1) is 0 Å². The van der Waals surface area contributed by atoms with Crippen molar-refractivity contribution in [1.29, 1.82) is 0 Å². The lowest BCUT2D eigenvalue weighted by Gasteiger charge is -2.14. The molecule has 1 saturated heterocycles. The fourth-order valence-electron chi connectivity index (χ4n) is 2.73. The van der Waals surface area contributed by atoms with Crippen molar-refractivity contribution in [2.75, 3.05) is 11.5 Å². The number of benzene rings is 2. The molecule has 1 amide bonds. The Hall–Kier alpha value is -3.17. The SMILES string of the molecule is O=C(O)CCOc1cccc(/C=C2\SC(=S)N(c3ccc(CC(=O)O)cc3)C2=O)c1. The monoisotopic (exact) mass is 443 g/mol. The van der Waals surface area contributed by atoms with Gasteiger partial charge >= 0.3 is 11.9 Å². The normalized spacial score (nSPS) is 14.9. The van der Waals surface area contributed by atoms with Crippen LogP contribution in [0.2, 0.25) is 0 Å². The number of carboxylic acid groups (broad SMARTS) is 2. The summed E-state index contributed by atoms with van der Waals surface area (Å²) in [7, 11) is 0. The predicted octanol–water partition coefficient (Wildman–Crippen LogP) is 3.57. The Balaban J connectivity index is 1.75. The van der Waals surface area contributed by atoms with Crippen LogP contribution < -0.4 is 9.64 Å². The highest BCUT2D eigenvalue weighted by Crippen LogP contribution is 2.36. The average Bonchev–Trinajstić information content (AvgIpc) is 2.95. The first-order chi connectivity index (χ1) is 14.3. The highest BCUT2D eigenvalue weighted by Gasteiger charge is 2.33. The van der Waals surface area contributed by atoms with Gasteiger partial charge in [-0.3, -0.25) is 19.3 Å². The van der Waals surface area contributed by atoms with E-state index in [0.29, 0.717) is 26.2 Å². The van der Waals surface area contributed by atoms with Gasteiger partial charge in [0.25, 0.3) is 5.91 Å². The Morgan fingerprint density at radius 3 is 2.50 bits per heavy atom. The third-order valence-electron chi connectivity index (χ3n) is 4.08. The number of thiocarbonyl (C=S) groups is 1. The Kier molecular flexibility index (Phi) is 6.86. The topological polar surface area (TPSA) is 104 Å². The Labute approximate surface area is 182 Å². The lowest BCUT2D eigenvalue weighted by Crippen LogP contribution is -2.27. The van der Waals surface area contributed by atoms with E-state index in [0.717, 1.165) is 5.56 Å². The zero-order valence-corrected chi connectivity index (χ0v) is 17.2. The Bertz CT molecular complexity index is 1030. The lowest BCUT2D eigenvalue weighted by atomic mass is 10.1. The molecule has 0 atom stereocenters. The summed E-state index contributed by atoms with van der Waals surface area (Å²) in [6, 6.07) is 13.6. The fourth-order valence-corrected chi connectivity index (χ4v) is 4.03. The number of ether oxygens (including phenoxy) is 1. The van der Waals surface area contributed by atoms with E-state index in [4.69, 9.17) is 27.2 Å². The molecule has 1 aliphatic rings. The number of aliphatic carboxylic acids is 2. The molecule has 30 heavy (non-hydrogen) atoms. The molecule has 0 unspecified atom stereocenters. The van der Waals surface area contributed by atoms with Crippen LogP contribution in [0.5, 0.6) is 5.75 Å². The number of carboxylic acids is 2.